The molecule has 0 saturated carbocycles. The summed E-state index contributed by atoms with van der Waals surface area (Å²) in [5, 5.41) is 31.4. The standard InChI is InChI=1S/C21H22BrN5O5/c1-21(22)7-10-2-3-11(6-13(10)26-20(21)23)31-8-14-15(28)16(29)19(32-14)27-5-4-12-17(27)24-9-25-18(12)30/h2-6,9,14-16,19,28-29H,7-8H2,1H3,(H2,23,26)(H,24,25,30)/t14-,15-,16-,19-,21?/m1/s1. The first-order valence-electron chi connectivity index (χ1n) is 10.1. The summed E-state index contributed by atoms with van der Waals surface area (Å²) in [5.74, 6) is 0.880. The van der Waals surface area contributed by atoms with Crippen molar-refractivity contribution >= 4 is 38.5 Å². The normalized spacial score (nSPS) is 29.7. The van der Waals surface area contributed by atoms with Gasteiger partial charge in [-0.15, -0.1) is 0 Å². The summed E-state index contributed by atoms with van der Waals surface area (Å²) >= 11 is 3.60. The molecule has 5 N–H and O–H groups in total. The Balaban J connectivity index is 1.31. The molecule has 0 bridgehead atoms. The summed E-state index contributed by atoms with van der Waals surface area (Å²) in [6.07, 6.45) is -0.509. The number of fused-ring (bicyclic) bond motifs is 2. The van der Waals surface area contributed by atoms with Gasteiger partial charge in [-0.1, -0.05) is 22.0 Å². The van der Waals surface area contributed by atoms with E-state index in [1.165, 1.54) is 6.33 Å². The summed E-state index contributed by atoms with van der Waals surface area (Å²) in [6, 6.07) is 7.17. The first-order valence-corrected chi connectivity index (χ1v) is 10.9. The molecule has 10 nitrogen and oxygen atoms in total. The van der Waals surface area contributed by atoms with Crippen molar-refractivity contribution in [3.8, 4) is 11.6 Å². The highest BCUT2D eigenvalue weighted by atomic mass is 79.9. The number of aliphatic hydroxyl groups excluding tert-OH is 2. The number of nitrogens with zero attached hydrogens (tertiary/aromatic N) is 4. The number of alkyl halides is 1. The van der Waals surface area contributed by atoms with Crippen LogP contribution in [0, 0.1) is 0 Å². The molecule has 1 aromatic carbocycles. The Morgan fingerprint density at radius 2 is 2.09 bits per heavy atom. The fourth-order valence-corrected chi connectivity index (χ4v) is 4.41. The Kier molecular flexibility index (Phi) is 5.08. The molecule has 168 valence electrons. The van der Waals surface area contributed by atoms with Crippen LogP contribution in [-0.2, 0) is 11.2 Å². The zero-order valence-electron chi connectivity index (χ0n) is 17.1. The molecule has 0 radical (unpaired) electrons. The minimum atomic E-state index is -1.21. The number of rotatable bonds is 4. The number of aliphatic hydroxyl groups is 2. The Labute approximate surface area is 191 Å². The molecule has 0 aliphatic carbocycles. The molecule has 2 aliphatic heterocycles. The van der Waals surface area contributed by atoms with Crippen LogP contribution in [0.2, 0.25) is 0 Å². The van der Waals surface area contributed by atoms with Crippen molar-refractivity contribution in [2.45, 2.75) is 42.2 Å². The molecule has 1 saturated heterocycles. The Morgan fingerprint density at radius 1 is 1.28 bits per heavy atom. The summed E-state index contributed by atoms with van der Waals surface area (Å²) in [5.41, 5.74) is 8.22. The van der Waals surface area contributed by atoms with E-state index in [2.05, 4.69) is 30.9 Å². The molecule has 1 unspecified atom stereocenters. The average Bonchev–Trinajstić information content (AvgIpc) is 3.30. The minimum Gasteiger partial charge on any atom is -0.493 e. The molecule has 2 aliphatic rings. The van der Waals surface area contributed by atoms with Crippen LogP contribution in [0.15, 0.2) is 41.8 Å². The van der Waals surface area contributed by atoms with Crippen LogP contribution >= 0.6 is 15.9 Å². The van der Waals surface area contributed by atoms with Gasteiger partial charge >= 0.3 is 0 Å². The van der Waals surface area contributed by atoms with Gasteiger partial charge in [0.05, 0.1) is 15.4 Å². The van der Waals surface area contributed by atoms with E-state index in [1.807, 2.05) is 19.1 Å². The highest BCUT2D eigenvalue weighted by Gasteiger charge is 2.44. The Hall–Kier alpha value is -2.73. The second kappa shape index (κ2) is 7.69. The van der Waals surface area contributed by atoms with Crippen LogP contribution in [0.3, 0.4) is 0 Å². The van der Waals surface area contributed by atoms with E-state index >= 15 is 0 Å². The smallest absolute Gasteiger partial charge is 0.223 e. The van der Waals surface area contributed by atoms with Crippen LogP contribution in [0.4, 0.5) is 5.69 Å². The van der Waals surface area contributed by atoms with Crippen molar-refractivity contribution in [1.82, 2.24) is 14.5 Å². The number of amidine groups is 1. The maximum Gasteiger partial charge on any atom is 0.223 e. The lowest BCUT2D eigenvalue weighted by molar-refractivity contribution is -0.0471. The van der Waals surface area contributed by atoms with Crippen molar-refractivity contribution in [3.63, 3.8) is 0 Å². The van der Waals surface area contributed by atoms with E-state index in [1.54, 1.807) is 22.9 Å². The fourth-order valence-electron chi connectivity index (χ4n) is 4.02. The second-order valence-corrected chi connectivity index (χ2v) is 9.93. The van der Waals surface area contributed by atoms with Crippen LogP contribution in [-0.4, -0.2) is 64.9 Å². The molecule has 5 rings (SSSR count). The molecule has 0 spiro atoms. The predicted octanol–water partition coefficient (Wildman–Crippen LogP) is 1.53. The quantitative estimate of drug-likeness (QED) is 0.391. The summed E-state index contributed by atoms with van der Waals surface area (Å²) in [6.45, 7) is 1.99. The second-order valence-electron chi connectivity index (χ2n) is 8.18. The van der Waals surface area contributed by atoms with Crippen molar-refractivity contribution in [1.29, 1.82) is 0 Å². The van der Waals surface area contributed by atoms with Crippen molar-refractivity contribution < 1.29 is 24.8 Å². The van der Waals surface area contributed by atoms with Gasteiger partial charge in [-0.25, -0.2) is 15.0 Å². The summed E-state index contributed by atoms with van der Waals surface area (Å²) in [7, 11) is 0. The third-order valence-corrected chi connectivity index (χ3v) is 6.55. The van der Waals surface area contributed by atoms with Crippen molar-refractivity contribution in [2.75, 3.05) is 6.61 Å². The number of aromatic nitrogens is 3. The lowest BCUT2D eigenvalue weighted by atomic mass is 9.95. The minimum absolute atomic E-state index is 0.0162. The highest BCUT2D eigenvalue weighted by Crippen LogP contribution is 2.37. The molecule has 3 aromatic rings. The largest absolute Gasteiger partial charge is 0.493 e. The summed E-state index contributed by atoms with van der Waals surface area (Å²) < 4.78 is 12.9. The van der Waals surface area contributed by atoms with Crippen molar-refractivity contribution in [3.05, 3.63) is 42.4 Å². The maximum absolute atomic E-state index is 10.6. The van der Waals surface area contributed by atoms with Gasteiger partial charge in [0.15, 0.2) is 6.23 Å². The van der Waals surface area contributed by atoms with Gasteiger partial charge in [-0.2, -0.15) is 0 Å². The predicted molar refractivity (Wildman–Crippen MR) is 119 cm³/mol. The zero-order valence-corrected chi connectivity index (χ0v) is 18.7. The van der Waals surface area contributed by atoms with E-state index in [4.69, 9.17) is 15.2 Å². The van der Waals surface area contributed by atoms with Gasteiger partial charge in [0.1, 0.15) is 48.5 Å². The van der Waals surface area contributed by atoms with E-state index in [0.717, 1.165) is 11.3 Å². The van der Waals surface area contributed by atoms with E-state index in [-0.39, 0.29) is 16.8 Å². The number of benzene rings is 1. The number of nitrogens with two attached hydrogens (primary N) is 1. The number of ether oxygens (including phenoxy) is 2. The number of hydrogen-bond acceptors (Lipinski definition) is 9. The molecule has 0 amide bonds. The highest BCUT2D eigenvalue weighted by molar-refractivity contribution is 9.10. The first kappa shape index (κ1) is 21.1. The van der Waals surface area contributed by atoms with Crippen LogP contribution in [0.5, 0.6) is 11.6 Å². The van der Waals surface area contributed by atoms with Gasteiger partial charge in [-0.05, 0) is 31.0 Å². The summed E-state index contributed by atoms with van der Waals surface area (Å²) in [4.78, 5) is 12.3. The fraction of sp³-hybridized carbons (Fsp3) is 0.381. The SMILES string of the molecule is CC1(Br)Cc2ccc(OC[C@H]3O[C@@H](n4ccc5c(O)ncnc54)[C@H](O)[C@@H]3O)cc2N=C1N. The molecule has 2 aromatic heterocycles. The molecular formula is C21H22BrN5O5. The number of aromatic hydroxyl groups is 1. The number of halogens is 1. The van der Waals surface area contributed by atoms with Crippen molar-refractivity contribution in [2.24, 2.45) is 10.7 Å². The number of hydrogen-bond donors (Lipinski definition) is 4. The van der Waals surface area contributed by atoms with Gasteiger partial charge in [0, 0.05) is 12.3 Å². The average molecular weight is 504 g/mol. The molecule has 4 heterocycles. The van der Waals surface area contributed by atoms with Gasteiger partial charge < -0.3 is 35.1 Å². The van der Waals surface area contributed by atoms with E-state index < -0.39 is 24.5 Å². The zero-order chi connectivity index (χ0) is 22.6. The van der Waals surface area contributed by atoms with Gasteiger partial charge in [-0.3, -0.25) is 0 Å². The molecular weight excluding hydrogens is 482 g/mol. The van der Waals surface area contributed by atoms with Crippen LogP contribution in [0.1, 0.15) is 18.7 Å². The maximum atomic E-state index is 10.6. The lowest BCUT2D eigenvalue weighted by Crippen LogP contribution is -2.39. The third kappa shape index (κ3) is 3.51. The molecule has 5 atom stereocenters. The van der Waals surface area contributed by atoms with Crippen LogP contribution < -0.4 is 10.5 Å². The van der Waals surface area contributed by atoms with E-state index in [9.17, 15) is 15.3 Å². The number of aliphatic imine (C=N–C) groups is 1. The molecule has 32 heavy (non-hydrogen) atoms. The lowest BCUT2D eigenvalue weighted by Gasteiger charge is -2.27. The first-order chi connectivity index (χ1) is 15.2. The Morgan fingerprint density at radius 3 is 2.91 bits per heavy atom. The van der Waals surface area contributed by atoms with E-state index in [0.29, 0.717) is 29.0 Å². The molecule has 11 heteroatoms. The van der Waals surface area contributed by atoms with Gasteiger partial charge in [0.25, 0.3) is 0 Å². The monoisotopic (exact) mass is 503 g/mol. The Bertz CT molecular complexity index is 1210. The van der Waals surface area contributed by atoms with Crippen LogP contribution in [0.25, 0.3) is 11.0 Å². The molecule has 1 fully saturated rings. The third-order valence-electron chi connectivity index (χ3n) is 5.87. The topological polar surface area (TPSA) is 148 Å². The van der Waals surface area contributed by atoms with Gasteiger partial charge in [0.2, 0.25) is 5.88 Å².